The predicted molar refractivity (Wildman–Crippen MR) is 132 cm³/mol. The molecule has 0 atom stereocenters. The molecule has 0 aliphatic rings. The third kappa shape index (κ3) is 4.80. The summed E-state index contributed by atoms with van der Waals surface area (Å²) < 4.78 is 5.89. The fourth-order valence-electron chi connectivity index (χ4n) is 3.82. The SMILES string of the molecule is CCCOc1ccccc1-c1nc2c(/C(C)=C\CCc3ccccc3)cccc2c(=O)[nH]1. The molecule has 1 heterocycles. The summed E-state index contributed by atoms with van der Waals surface area (Å²) in [6.07, 6.45) is 5.04. The lowest BCUT2D eigenvalue weighted by Gasteiger charge is -2.12. The van der Waals surface area contributed by atoms with Gasteiger partial charge >= 0.3 is 0 Å². The fraction of sp³-hybridized carbons (Fsp3) is 0.214. The molecular weight excluding hydrogens is 396 g/mol. The number of nitrogens with zero attached hydrogens (tertiary/aromatic N) is 1. The quantitative estimate of drug-likeness (QED) is 0.355. The van der Waals surface area contributed by atoms with Crippen LogP contribution in [0.25, 0.3) is 27.9 Å². The molecule has 162 valence electrons. The van der Waals surface area contributed by atoms with Gasteiger partial charge in [0.15, 0.2) is 0 Å². The van der Waals surface area contributed by atoms with Crippen molar-refractivity contribution in [1.82, 2.24) is 9.97 Å². The highest BCUT2D eigenvalue weighted by Crippen LogP contribution is 2.29. The second-order valence-corrected chi connectivity index (χ2v) is 7.87. The first-order valence-corrected chi connectivity index (χ1v) is 11.1. The second-order valence-electron chi connectivity index (χ2n) is 7.87. The Balaban J connectivity index is 1.72. The molecule has 0 amide bonds. The highest BCUT2D eigenvalue weighted by atomic mass is 16.5. The van der Waals surface area contributed by atoms with Crippen molar-refractivity contribution in [2.75, 3.05) is 6.61 Å². The van der Waals surface area contributed by atoms with E-state index >= 15 is 0 Å². The third-order valence-electron chi connectivity index (χ3n) is 5.49. The molecule has 4 rings (SSSR count). The molecule has 0 unspecified atom stereocenters. The van der Waals surface area contributed by atoms with Gasteiger partial charge in [0.1, 0.15) is 11.6 Å². The predicted octanol–water partition coefficient (Wildman–Crippen LogP) is 6.42. The van der Waals surface area contributed by atoms with Crippen LogP contribution in [0, 0.1) is 0 Å². The maximum Gasteiger partial charge on any atom is 0.259 e. The number of aromatic nitrogens is 2. The Hall–Kier alpha value is -3.66. The van der Waals surface area contributed by atoms with Gasteiger partial charge in [-0.2, -0.15) is 0 Å². The Bertz CT molecular complexity index is 1290. The van der Waals surface area contributed by atoms with Gasteiger partial charge in [-0.05, 0) is 55.5 Å². The molecule has 0 aliphatic carbocycles. The van der Waals surface area contributed by atoms with Crippen molar-refractivity contribution >= 4 is 16.5 Å². The molecule has 1 aromatic heterocycles. The van der Waals surface area contributed by atoms with E-state index in [4.69, 9.17) is 9.72 Å². The molecule has 4 nitrogen and oxygen atoms in total. The number of H-pyrrole nitrogens is 1. The standard InChI is InChI=1S/C28H28N2O2/c1-3-19-32-25-18-8-7-15-23(25)27-29-26-22(16-10-17-24(26)28(31)30-27)20(2)11-9-14-21-12-5-4-6-13-21/h4-8,10-13,15-18H,3,9,14,19H2,1-2H3,(H,29,30,31)/b20-11-. The van der Waals surface area contributed by atoms with Crippen LogP contribution >= 0.6 is 0 Å². The van der Waals surface area contributed by atoms with Crippen LogP contribution in [-0.4, -0.2) is 16.6 Å². The van der Waals surface area contributed by atoms with E-state index in [1.54, 1.807) is 0 Å². The smallest absolute Gasteiger partial charge is 0.259 e. The van der Waals surface area contributed by atoms with Gasteiger partial charge in [0.2, 0.25) is 0 Å². The summed E-state index contributed by atoms with van der Waals surface area (Å²) in [5, 5.41) is 0.592. The van der Waals surface area contributed by atoms with Crippen molar-refractivity contribution in [2.45, 2.75) is 33.1 Å². The topological polar surface area (TPSA) is 55.0 Å². The van der Waals surface area contributed by atoms with Crippen molar-refractivity contribution in [3.8, 4) is 17.1 Å². The first-order valence-electron chi connectivity index (χ1n) is 11.1. The van der Waals surface area contributed by atoms with Crippen molar-refractivity contribution in [1.29, 1.82) is 0 Å². The lowest BCUT2D eigenvalue weighted by Crippen LogP contribution is -2.11. The minimum absolute atomic E-state index is 0.144. The minimum atomic E-state index is -0.144. The summed E-state index contributed by atoms with van der Waals surface area (Å²) in [5.41, 5.74) is 4.77. The van der Waals surface area contributed by atoms with Gasteiger partial charge in [0.05, 0.1) is 23.1 Å². The van der Waals surface area contributed by atoms with Crippen LogP contribution in [0.5, 0.6) is 5.75 Å². The summed E-state index contributed by atoms with van der Waals surface area (Å²) in [4.78, 5) is 20.8. The monoisotopic (exact) mass is 424 g/mol. The van der Waals surface area contributed by atoms with E-state index in [1.807, 2.05) is 48.5 Å². The Morgan fingerprint density at radius 3 is 2.59 bits per heavy atom. The molecule has 3 aromatic carbocycles. The zero-order chi connectivity index (χ0) is 22.3. The molecule has 0 fully saturated rings. The average molecular weight is 425 g/mol. The van der Waals surface area contributed by atoms with Crippen LogP contribution in [-0.2, 0) is 6.42 Å². The number of aromatic amines is 1. The number of hydrogen-bond acceptors (Lipinski definition) is 3. The zero-order valence-corrected chi connectivity index (χ0v) is 18.6. The number of allylic oxidation sites excluding steroid dienone is 2. The summed E-state index contributed by atoms with van der Waals surface area (Å²) in [6, 6.07) is 23.9. The molecule has 4 heteroatoms. The average Bonchev–Trinajstić information content (AvgIpc) is 2.83. The summed E-state index contributed by atoms with van der Waals surface area (Å²) in [7, 11) is 0. The van der Waals surface area contributed by atoms with Gasteiger partial charge in [-0.1, -0.05) is 67.6 Å². The number of para-hydroxylation sites is 2. The van der Waals surface area contributed by atoms with Crippen molar-refractivity contribution < 1.29 is 4.74 Å². The molecule has 0 bridgehead atoms. The summed E-state index contributed by atoms with van der Waals surface area (Å²) >= 11 is 0. The normalized spacial score (nSPS) is 11.6. The number of hydrogen-bond donors (Lipinski definition) is 1. The van der Waals surface area contributed by atoms with E-state index in [1.165, 1.54) is 5.56 Å². The third-order valence-corrected chi connectivity index (χ3v) is 5.49. The van der Waals surface area contributed by atoms with Gasteiger partial charge < -0.3 is 9.72 Å². The molecule has 1 N–H and O–H groups in total. The van der Waals surface area contributed by atoms with Crippen molar-refractivity contribution in [2.24, 2.45) is 0 Å². The molecule has 32 heavy (non-hydrogen) atoms. The van der Waals surface area contributed by atoms with Crippen molar-refractivity contribution in [3.63, 3.8) is 0 Å². The fourth-order valence-corrected chi connectivity index (χ4v) is 3.82. The molecule has 0 saturated carbocycles. The van der Waals surface area contributed by atoms with Gasteiger partial charge in [-0.25, -0.2) is 4.98 Å². The Morgan fingerprint density at radius 2 is 1.78 bits per heavy atom. The largest absolute Gasteiger partial charge is 0.493 e. The lowest BCUT2D eigenvalue weighted by molar-refractivity contribution is 0.318. The second kappa shape index (κ2) is 10.1. The van der Waals surface area contributed by atoms with Crippen LogP contribution in [0.4, 0.5) is 0 Å². The molecule has 0 saturated heterocycles. The van der Waals surface area contributed by atoms with E-state index in [-0.39, 0.29) is 5.56 Å². The van der Waals surface area contributed by atoms with E-state index in [0.29, 0.717) is 23.3 Å². The number of ether oxygens (including phenoxy) is 1. The van der Waals surface area contributed by atoms with E-state index < -0.39 is 0 Å². The van der Waals surface area contributed by atoms with Crippen LogP contribution in [0.3, 0.4) is 0 Å². The molecular formula is C28H28N2O2. The van der Waals surface area contributed by atoms with Crippen LogP contribution in [0.1, 0.15) is 37.8 Å². The van der Waals surface area contributed by atoms with Crippen molar-refractivity contribution in [3.05, 3.63) is 100 Å². The number of benzene rings is 3. The molecule has 0 aliphatic heterocycles. The van der Waals surface area contributed by atoms with Gasteiger partial charge in [0.25, 0.3) is 5.56 Å². The molecule has 4 aromatic rings. The van der Waals surface area contributed by atoms with E-state index in [0.717, 1.165) is 41.7 Å². The lowest BCUT2D eigenvalue weighted by atomic mass is 10.0. The van der Waals surface area contributed by atoms with Crippen LogP contribution in [0.2, 0.25) is 0 Å². The first kappa shape index (κ1) is 21.6. The van der Waals surface area contributed by atoms with E-state index in [2.05, 4.69) is 49.2 Å². The zero-order valence-electron chi connectivity index (χ0n) is 18.6. The maximum absolute atomic E-state index is 12.9. The Morgan fingerprint density at radius 1 is 1.00 bits per heavy atom. The number of nitrogens with one attached hydrogen (secondary N) is 1. The molecule has 0 spiro atoms. The number of aryl methyl sites for hydroxylation is 1. The van der Waals surface area contributed by atoms with Gasteiger partial charge in [-0.3, -0.25) is 4.79 Å². The van der Waals surface area contributed by atoms with E-state index in [9.17, 15) is 4.79 Å². The van der Waals surface area contributed by atoms with Crippen LogP contribution in [0.15, 0.2) is 83.7 Å². The highest BCUT2D eigenvalue weighted by molar-refractivity contribution is 5.91. The van der Waals surface area contributed by atoms with Crippen LogP contribution < -0.4 is 10.3 Å². The van der Waals surface area contributed by atoms with Gasteiger partial charge in [0, 0.05) is 5.56 Å². The summed E-state index contributed by atoms with van der Waals surface area (Å²) in [5.74, 6) is 1.25. The minimum Gasteiger partial charge on any atom is -0.493 e. The maximum atomic E-state index is 12.9. The Labute approximate surface area is 188 Å². The summed E-state index contributed by atoms with van der Waals surface area (Å²) in [6.45, 7) is 4.77. The number of fused-ring (bicyclic) bond motifs is 1. The number of rotatable bonds is 8. The van der Waals surface area contributed by atoms with Gasteiger partial charge in [-0.15, -0.1) is 0 Å². The highest BCUT2D eigenvalue weighted by Gasteiger charge is 2.13. The first-order chi connectivity index (χ1) is 15.7. The Kier molecular flexibility index (Phi) is 6.81. The molecule has 0 radical (unpaired) electrons.